The topological polar surface area (TPSA) is 72.8 Å². The first-order chi connectivity index (χ1) is 24.9. The van der Waals surface area contributed by atoms with Gasteiger partial charge in [-0.3, -0.25) is 0 Å². The Morgan fingerprint density at radius 3 is 0.863 bits per heavy atom. The Balaban J connectivity index is 0.000000911. The monoisotopic (exact) mass is 1230 g/mol. The van der Waals surface area contributed by atoms with E-state index in [1.165, 1.54) is 56.2 Å². The number of hydrogen-bond donors (Lipinski definition) is 1. The fraction of sp³-hybridized carbons (Fsp3) is 0.176. The molecular weight excluding hydrogens is 1210 g/mol. The Hall–Kier alpha value is 3.56. The van der Waals surface area contributed by atoms with E-state index in [1.54, 1.807) is 136 Å². The van der Waals surface area contributed by atoms with Crippen molar-refractivity contribution in [1.29, 1.82) is 0 Å². The number of rotatable bonds is 2. The Bertz CT molecular complexity index is 2530. The summed E-state index contributed by atoms with van der Waals surface area (Å²) in [6, 6.07) is 13.1. The molecule has 0 saturated carbocycles. The molecule has 2 rings (SSSR count). The molecule has 0 fully saturated rings. The second-order valence-corrected chi connectivity index (χ2v) is 54.0. The van der Waals surface area contributed by atoms with Crippen molar-refractivity contribution >= 4 is 274 Å². The second kappa shape index (κ2) is 43.1. The molecule has 34 heteroatoms. The van der Waals surface area contributed by atoms with Gasteiger partial charge >= 0.3 is 11.9 Å². The Labute approximate surface area is 382 Å². The zero-order valence-corrected chi connectivity index (χ0v) is 48.2. The SMILES string of the molecule is COC(=O)c1ccc(C)cc1.COC(=O)c1ccc(O)cc1.S=S=S=S=S=S=S=S=S=S=S=S=S=S=S=S=S=S=S=S=S=S=S=S=S=S=S=S=S. The third-order valence-electron chi connectivity index (χ3n) is 3.48. The molecule has 0 atom stereocenters. The number of carbonyl (C=O) groups excluding carboxylic acids is 2. The van der Waals surface area contributed by atoms with Gasteiger partial charge in [0.05, 0.1) is 25.3 Å². The fourth-order valence-corrected chi connectivity index (χ4v) is 70.4. The fourth-order valence-electron chi connectivity index (χ4n) is 1.81. The van der Waals surface area contributed by atoms with Crippen LogP contribution in [0.2, 0.25) is 0 Å². The highest BCUT2D eigenvalue weighted by atomic mass is 33.5. The molecule has 0 unspecified atom stereocenters. The first-order valence-corrected chi connectivity index (χ1v) is 48.5. The van der Waals surface area contributed by atoms with E-state index < -0.39 is 5.97 Å². The molecule has 5 nitrogen and oxygen atoms in total. The van der Waals surface area contributed by atoms with Gasteiger partial charge in [0.25, 0.3) is 0 Å². The average Bonchev–Trinajstić information content (AvgIpc) is 3.15. The van der Waals surface area contributed by atoms with Gasteiger partial charge < -0.3 is 14.6 Å². The van der Waals surface area contributed by atoms with Crippen molar-refractivity contribution < 1.29 is 24.2 Å². The molecule has 0 spiro atoms. The van der Waals surface area contributed by atoms with Gasteiger partial charge in [0, 0.05) is 262 Å². The van der Waals surface area contributed by atoms with Crippen LogP contribution in [0.3, 0.4) is 0 Å². The summed E-state index contributed by atoms with van der Waals surface area (Å²) < 4.78 is 8.99. The highest BCUT2D eigenvalue weighted by molar-refractivity contribution is 8.79. The number of methoxy groups -OCH3 is 2. The van der Waals surface area contributed by atoms with Crippen molar-refractivity contribution in [2.45, 2.75) is 6.92 Å². The van der Waals surface area contributed by atoms with Gasteiger partial charge in [-0.25, -0.2) is 9.59 Å². The number of hydrogen-bond acceptors (Lipinski definition) is 7. The third kappa shape index (κ3) is 37.6. The average molecular weight is 1230 g/mol. The number of ether oxygens (including phenoxy) is 2. The van der Waals surface area contributed by atoms with Crippen LogP contribution in [0.1, 0.15) is 26.3 Å². The smallest absolute Gasteiger partial charge is 0.337 e. The Morgan fingerprint density at radius 2 is 0.647 bits per heavy atom. The molecule has 0 amide bonds. The Kier molecular flexibility index (Phi) is 46.2. The molecular formula is C17H18O5S29. The maximum atomic E-state index is 10.9. The van der Waals surface area contributed by atoms with E-state index in [4.69, 9.17) is 27.5 Å². The van der Waals surface area contributed by atoms with E-state index in [-0.39, 0.29) is 11.7 Å². The second-order valence-electron chi connectivity index (χ2n) is 6.23. The molecule has 0 radical (unpaired) electrons. The van der Waals surface area contributed by atoms with E-state index in [0.29, 0.717) is 11.1 Å². The molecule has 2 aromatic carbocycles. The molecule has 0 bridgehead atoms. The van der Waals surface area contributed by atoms with Gasteiger partial charge in [0.1, 0.15) is 5.75 Å². The molecule has 0 aliphatic heterocycles. The van der Waals surface area contributed by atoms with Crippen LogP contribution in [-0.2, 0) is 272 Å². The van der Waals surface area contributed by atoms with Crippen molar-refractivity contribution in [1.82, 2.24) is 0 Å². The summed E-state index contributed by atoms with van der Waals surface area (Å²) in [6.07, 6.45) is 0. The maximum absolute atomic E-state index is 10.9. The van der Waals surface area contributed by atoms with Crippen molar-refractivity contribution in [3.63, 3.8) is 0 Å². The molecule has 51 heavy (non-hydrogen) atoms. The third-order valence-corrected chi connectivity index (χ3v) is 61.3. The first kappa shape index (κ1) is 54.6. The lowest BCUT2D eigenvalue weighted by molar-refractivity contribution is 0.0592. The van der Waals surface area contributed by atoms with Gasteiger partial charge in [-0.1, -0.05) is 17.7 Å². The van der Waals surface area contributed by atoms with Crippen molar-refractivity contribution in [3.8, 4) is 5.75 Å². The van der Waals surface area contributed by atoms with E-state index in [2.05, 4.69) is 9.47 Å². The largest absolute Gasteiger partial charge is 0.508 e. The van der Waals surface area contributed by atoms with E-state index in [1.807, 2.05) is 117 Å². The van der Waals surface area contributed by atoms with Gasteiger partial charge in [0.15, 0.2) is 0 Å². The normalized spacial score (nSPS) is 8.29. The van der Waals surface area contributed by atoms with Crippen LogP contribution in [-0.4, -0.2) is 31.3 Å². The standard InChI is InChI=1S/C9H10O2.C8H8O3.S29/c1-7-3-5-8(6-4-7)9(10)11-2;1-11-8(10)6-2-4-7(9)5-3-6;1-3-5-7-9-11-13-15-17-19-21-23-25-27-29-28-26-24-22-20-18-16-14-12-10-8-6-4-2/h3-6H,1-2H3;2-5,9H,1H3;. The molecule has 0 heterocycles. The minimum Gasteiger partial charge on any atom is -0.508 e. The lowest BCUT2D eigenvalue weighted by Crippen LogP contribution is -2.00. The van der Waals surface area contributed by atoms with Crippen LogP contribution >= 0.6 is 0 Å². The summed E-state index contributed by atoms with van der Waals surface area (Å²) in [5.41, 5.74) is 2.17. The lowest BCUT2D eigenvalue weighted by Gasteiger charge is -1.97. The minimum absolute atomic E-state index is 0.137. The molecule has 0 saturated heterocycles. The van der Waals surface area contributed by atoms with E-state index in [0.717, 1.165) is 5.56 Å². The molecule has 0 aliphatic carbocycles. The van der Waals surface area contributed by atoms with Gasteiger partial charge in [-0.15, -0.1) is 0 Å². The van der Waals surface area contributed by atoms with Gasteiger partial charge in [-0.05, 0) is 43.3 Å². The summed E-state index contributed by atoms with van der Waals surface area (Å²) in [4.78, 5) is 21.7. The van der Waals surface area contributed by atoms with Crippen molar-refractivity contribution in [2.75, 3.05) is 14.2 Å². The predicted octanol–water partition coefficient (Wildman–Crippen LogP) is 2.89. The first-order valence-electron chi connectivity index (χ1n) is 11.2. The number of aryl methyl sites for hydroxylation is 1. The number of aromatic hydroxyl groups is 1. The summed E-state index contributed by atoms with van der Waals surface area (Å²) in [5.74, 6) is -0.548. The lowest BCUT2D eigenvalue weighted by atomic mass is 10.2. The molecule has 1 N–H and O–H groups in total. The molecule has 290 valence electrons. The van der Waals surface area contributed by atoms with Crippen LogP contribution in [0.5, 0.6) is 5.75 Å². The van der Waals surface area contributed by atoms with Crippen LogP contribution in [0.15, 0.2) is 48.5 Å². The highest BCUT2D eigenvalue weighted by Gasteiger charge is 2.03. The summed E-state index contributed by atoms with van der Waals surface area (Å²) in [6.45, 7) is 1.97. The highest BCUT2D eigenvalue weighted by Crippen LogP contribution is 2.09. The Morgan fingerprint density at radius 1 is 0.431 bits per heavy atom. The predicted molar refractivity (Wildman–Crippen MR) is 296 cm³/mol. The molecule has 2 aromatic rings. The summed E-state index contributed by atoms with van der Waals surface area (Å²) >= 11 is 9.57. The van der Waals surface area contributed by atoms with Crippen LogP contribution < -0.4 is 0 Å². The van der Waals surface area contributed by atoms with Gasteiger partial charge in [-0.2, -0.15) is 0 Å². The van der Waals surface area contributed by atoms with Crippen LogP contribution in [0.4, 0.5) is 0 Å². The number of carbonyl (C=O) groups is 2. The number of esters is 2. The van der Waals surface area contributed by atoms with Gasteiger partial charge in [0.2, 0.25) is 0 Å². The zero-order valence-electron chi connectivity index (χ0n) is 24.5. The summed E-state index contributed by atoms with van der Waals surface area (Å²) in [5, 5.41) is 8.86. The quantitative estimate of drug-likeness (QED) is 0.465. The van der Waals surface area contributed by atoms with E-state index in [9.17, 15) is 9.59 Å². The summed E-state index contributed by atoms with van der Waals surface area (Å²) in [7, 11) is 50.0. The van der Waals surface area contributed by atoms with Crippen molar-refractivity contribution in [3.05, 3.63) is 65.2 Å². The minimum atomic E-state index is -0.398. The zero-order chi connectivity index (χ0) is 37.6. The number of benzene rings is 2. The molecule has 0 aromatic heterocycles. The maximum Gasteiger partial charge on any atom is 0.337 e. The van der Waals surface area contributed by atoms with Crippen LogP contribution in [0, 0.1) is 6.92 Å². The van der Waals surface area contributed by atoms with Crippen molar-refractivity contribution in [2.24, 2.45) is 0 Å². The molecule has 0 aliphatic rings. The van der Waals surface area contributed by atoms with E-state index >= 15 is 0 Å². The van der Waals surface area contributed by atoms with Crippen LogP contribution in [0.25, 0.3) is 0 Å². The number of phenolic OH excluding ortho intramolecular Hbond substituents is 1. The number of phenols is 1.